The molecule has 0 unspecified atom stereocenters. The summed E-state index contributed by atoms with van der Waals surface area (Å²) >= 11 is 0. The molecule has 0 bridgehead atoms. The first-order valence-corrected chi connectivity index (χ1v) is 5.40. The zero-order valence-corrected chi connectivity index (χ0v) is 9.50. The molecule has 0 aliphatic rings. The molecule has 0 aromatic carbocycles. The lowest BCUT2D eigenvalue weighted by Gasteiger charge is -2.06. The highest BCUT2D eigenvalue weighted by atomic mass is 16.3. The molecule has 2 aromatic rings. The van der Waals surface area contributed by atoms with E-state index in [0.29, 0.717) is 18.5 Å². The van der Waals surface area contributed by atoms with E-state index < -0.39 is 11.7 Å². The molecule has 96 valence electrons. The third kappa shape index (κ3) is 2.60. The van der Waals surface area contributed by atoms with E-state index >= 15 is 0 Å². The van der Waals surface area contributed by atoms with Gasteiger partial charge in [0.25, 0.3) is 5.56 Å². The summed E-state index contributed by atoms with van der Waals surface area (Å²) in [6, 6.07) is 0. The third-order valence-corrected chi connectivity index (χ3v) is 2.43. The van der Waals surface area contributed by atoms with Crippen molar-refractivity contribution in [2.45, 2.75) is 18.9 Å². The lowest BCUT2D eigenvalue weighted by molar-refractivity contribution is 0.0884. The van der Waals surface area contributed by atoms with Crippen molar-refractivity contribution >= 4 is 17.1 Å². The topological polar surface area (TPSA) is 138 Å². The van der Waals surface area contributed by atoms with Gasteiger partial charge in [-0.15, -0.1) is 0 Å². The Labute approximate surface area is 102 Å². The number of hydrogen-bond donors (Lipinski definition) is 4. The maximum Gasteiger partial charge on any atom is 0.280 e. The fourth-order valence-corrected chi connectivity index (χ4v) is 1.50. The molecular weight excluding hydrogens is 238 g/mol. The molecule has 0 aliphatic carbocycles. The van der Waals surface area contributed by atoms with E-state index in [1.165, 1.54) is 6.20 Å². The lowest BCUT2D eigenvalue weighted by Crippen LogP contribution is -2.16. The van der Waals surface area contributed by atoms with Crippen molar-refractivity contribution in [2.24, 2.45) is 0 Å². The van der Waals surface area contributed by atoms with Crippen LogP contribution in [-0.2, 0) is 6.42 Å². The van der Waals surface area contributed by atoms with E-state index in [9.17, 15) is 9.90 Å². The van der Waals surface area contributed by atoms with Crippen LogP contribution in [0.15, 0.2) is 11.0 Å². The predicted octanol–water partition coefficient (Wildman–Crippen LogP) is -1.42. The van der Waals surface area contributed by atoms with Crippen LogP contribution in [0.4, 0.5) is 5.95 Å². The summed E-state index contributed by atoms with van der Waals surface area (Å²) in [7, 11) is 0. The highest BCUT2D eigenvalue weighted by Crippen LogP contribution is 2.06. The summed E-state index contributed by atoms with van der Waals surface area (Å²) in [5.41, 5.74) is 5.78. The maximum absolute atomic E-state index is 11.6. The summed E-state index contributed by atoms with van der Waals surface area (Å²) in [5.74, 6) is -0.00903. The highest BCUT2D eigenvalue weighted by Gasteiger charge is 2.08. The Morgan fingerprint density at radius 2 is 2.22 bits per heavy atom. The van der Waals surface area contributed by atoms with Crippen LogP contribution in [-0.4, -0.2) is 42.9 Å². The number of nitrogens with two attached hydrogens (primary N) is 1. The predicted molar refractivity (Wildman–Crippen MR) is 63.8 cm³/mol. The molecule has 0 amide bonds. The molecule has 0 radical (unpaired) electrons. The van der Waals surface area contributed by atoms with Gasteiger partial charge in [-0.3, -0.25) is 9.78 Å². The van der Waals surface area contributed by atoms with Crippen molar-refractivity contribution in [3.05, 3.63) is 22.2 Å². The molecule has 0 fully saturated rings. The molecule has 0 aliphatic heterocycles. The molecule has 0 saturated heterocycles. The van der Waals surface area contributed by atoms with Crippen LogP contribution in [0.1, 0.15) is 12.1 Å². The van der Waals surface area contributed by atoms with Gasteiger partial charge in [0.15, 0.2) is 11.2 Å². The summed E-state index contributed by atoms with van der Waals surface area (Å²) < 4.78 is 0. The van der Waals surface area contributed by atoms with Crippen molar-refractivity contribution in [3.63, 3.8) is 0 Å². The smallest absolute Gasteiger partial charge is 0.280 e. The number of nitrogens with zero attached hydrogens (tertiary/aromatic N) is 3. The second-order valence-electron chi connectivity index (χ2n) is 3.86. The summed E-state index contributed by atoms with van der Waals surface area (Å²) in [5, 5.41) is 17.9. The van der Waals surface area contributed by atoms with Crippen LogP contribution in [0, 0.1) is 0 Å². The lowest BCUT2D eigenvalue weighted by atomic mass is 10.1. The van der Waals surface area contributed by atoms with E-state index in [0.717, 1.165) is 0 Å². The van der Waals surface area contributed by atoms with E-state index in [2.05, 4.69) is 19.9 Å². The summed E-state index contributed by atoms with van der Waals surface area (Å²) in [6.07, 6.45) is 1.43. The molecule has 0 saturated carbocycles. The number of fused-ring (bicyclic) bond motifs is 1. The van der Waals surface area contributed by atoms with Gasteiger partial charge in [-0.1, -0.05) is 0 Å². The van der Waals surface area contributed by atoms with Crippen molar-refractivity contribution in [1.82, 2.24) is 19.9 Å². The van der Waals surface area contributed by atoms with Crippen LogP contribution in [0.25, 0.3) is 11.2 Å². The van der Waals surface area contributed by atoms with Gasteiger partial charge in [0.2, 0.25) is 5.95 Å². The zero-order chi connectivity index (χ0) is 13.1. The molecule has 8 heteroatoms. The Bertz CT molecular complexity index is 612. The van der Waals surface area contributed by atoms with E-state index in [1.807, 2.05) is 0 Å². The minimum atomic E-state index is -0.801. The van der Waals surface area contributed by atoms with E-state index in [4.69, 9.17) is 10.8 Å². The molecule has 2 heterocycles. The number of H-pyrrole nitrogens is 1. The number of aliphatic hydroxyl groups is 2. The quantitative estimate of drug-likeness (QED) is 0.523. The SMILES string of the molecule is Nc1nc2ncc(CC[C@@H](O)CO)nc2c(=O)[nH]1. The summed E-state index contributed by atoms with van der Waals surface area (Å²) in [4.78, 5) is 25.9. The number of hydrogen-bond acceptors (Lipinski definition) is 7. The van der Waals surface area contributed by atoms with Gasteiger partial charge in [-0.2, -0.15) is 4.98 Å². The zero-order valence-electron chi connectivity index (χ0n) is 9.50. The number of rotatable bonds is 4. The molecule has 5 N–H and O–H groups in total. The minimum absolute atomic E-state index is 0.00903. The van der Waals surface area contributed by atoms with Crippen LogP contribution in [0.5, 0.6) is 0 Å². The fourth-order valence-electron chi connectivity index (χ4n) is 1.50. The second kappa shape index (κ2) is 5.07. The normalized spacial score (nSPS) is 12.8. The number of nitrogens with one attached hydrogen (secondary N) is 1. The third-order valence-electron chi connectivity index (χ3n) is 2.43. The number of aromatic nitrogens is 4. The van der Waals surface area contributed by atoms with Crippen molar-refractivity contribution in [2.75, 3.05) is 12.3 Å². The summed E-state index contributed by atoms with van der Waals surface area (Å²) in [6.45, 7) is -0.306. The van der Waals surface area contributed by atoms with Crippen LogP contribution >= 0.6 is 0 Å². The van der Waals surface area contributed by atoms with E-state index in [-0.39, 0.29) is 23.7 Å². The van der Waals surface area contributed by atoms with Crippen molar-refractivity contribution < 1.29 is 10.2 Å². The molecule has 2 rings (SSSR count). The van der Waals surface area contributed by atoms with Crippen LogP contribution < -0.4 is 11.3 Å². The van der Waals surface area contributed by atoms with Gasteiger partial charge in [0.05, 0.1) is 24.6 Å². The second-order valence-corrected chi connectivity index (χ2v) is 3.86. The molecule has 0 spiro atoms. The highest BCUT2D eigenvalue weighted by molar-refractivity contribution is 5.69. The van der Waals surface area contributed by atoms with Crippen molar-refractivity contribution in [3.8, 4) is 0 Å². The Morgan fingerprint density at radius 1 is 1.44 bits per heavy atom. The number of nitrogen functional groups attached to an aromatic ring is 1. The first-order valence-electron chi connectivity index (χ1n) is 5.40. The number of aryl methyl sites for hydroxylation is 1. The van der Waals surface area contributed by atoms with Gasteiger partial charge in [0.1, 0.15) is 0 Å². The molecule has 18 heavy (non-hydrogen) atoms. The standard InChI is InChI=1S/C10H13N5O3/c11-10-14-8-7(9(18)15-10)13-5(3-12-8)1-2-6(17)4-16/h3,6,16-17H,1-2,4H2,(H3,11,12,14,15,18)/t6-/m1/s1. The number of aromatic amines is 1. The van der Waals surface area contributed by atoms with Crippen LogP contribution in [0.2, 0.25) is 0 Å². The molecule has 2 aromatic heterocycles. The first kappa shape index (κ1) is 12.4. The fraction of sp³-hybridized carbons (Fsp3) is 0.400. The molecular formula is C10H13N5O3. The average Bonchev–Trinajstić information content (AvgIpc) is 2.36. The van der Waals surface area contributed by atoms with E-state index in [1.54, 1.807) is 0 Å². The number of aliphatic hydroxyl groups excluding tert-OH is 2. The van der Waals surface area contributed by atoms with Gasteiger partial charge < -0.3 is 15.9 Å². The van der Waals surface area contributed by atoms with Gasteiger partial charge >= 0.3 is 0 Å². The molecule has 1 atom stereocenters. The van der Waals surface area contributed by atoms with Gasteiger partial charge in [-0.25, -0.2) is 9.97 Å². The van der Waals surface area contributed by atoms with Gasteiger partial charge in [-0.05, 0) is 12.8 Å². The van der Waals surface area contributed by atoms with Crippen molar-refractivity contribution in [1.29, 1.82) is 0 Å². The van der Waals surface area contributed by atoms with Crippen LogP contribution in [0.3, 0.4) is 0 Å². The average molecular weight is 251 g/mol. The largest absolute Gasteiger partial charge is 0.394 e. The Hall–Kier alpha value is -2.06. The first-order chi connectivity index (χ1) is 8.60. The minimum Gasteiger partial charge on any atom is -0.394 e. The van der Waals surface area contributed by atoms with Gasteiger partial charge in [0, 0.05) is 0 Å². The molecule has 8 nitrogen and oxygen atoms in total. The monoisotopic (exact) mass is 251 g/mol. The number of anilines is 1. The maximum atomic E-state index is 11.6. The Kier molecular flexibility index (Phi) is 3.49. The Morgan fingerprint density at radius 3 is 2.94 bits per heavy atom. The Balaban J connectivity index is 2.30.